The van der Waals surface area contributed by atoms with Crippen LogP contribution in [-0.2, 0) is 20.9 Å². The molecular weight excluding hydrogens is 332 g/mol. The van der Waals surface area contributed by atoms with E-state index in [0.29, 0.717) is 5.76 Å². The molecule has 0 spiro atoms. The van der Waals surface area contributed by atoms with Crippen molar-refractivity contribution >= 4 is 28.6 Å². The van der Waals surface area contributed by atoms with Crippen LogP contribution in [0.15, 0.2) is 64.8 Å². The molecule has 0 aliphatic heterocycles. The summed E-state index contributed by atoms with van der Waals surface area (Å²) in [5.74, 6) is 0.251. The first-order chi connectivity index (χ1) is 12.6. The normalized spacial score (nSPS) is 11.4. The minimum absolute atomic E-state index is 0.00980. The van der Waals surface area contributed by atoms with Crippen molar-refractivity contribution in [2.75, 3.05) is 7.11 Å². The van der Waals surface area contributed by atoms with Crippen LogP contribution in [0, 0.1) is 0 Å². The molecule has 0 radical (unpaired) electrons. The van der Waals surface area contributed by atoms with Gasteiger partial charge in [0.1, 0.15) is 23.7 Å². The monoisotopic (exact) mass is 350 g/mol. The number of benzene rings is 2. The van der Waals surface area contributed by atoms with Gasteiger partial charge in [0, 0.05) is 0 Å². The van der Waals surface area contributed by atoms with Crippen LogP contribution in [0.3, 0.4) is 0 Å². The van der Waals surface area contributed by atoms with Crippen molar-refractivity contribution in [1.29, 1.82) is 0 Å². The van der Waals surface area contributed by atoms with E-state index in [1.54, 1.807) is 19.2 Å². The SMILES string of the molecule is COc1ccc2cc(C=C(C(C)=O)C(=O)OCc3ccco3)ccc2c1. The van der Waals surface area contributed by atoms with Crippen molar-refractivity contribution < 1.29 is 23.5 Å². The molecule has 3 aromatic rings. The van der Waals surface area contributed by atoms with Gasteiger partial charge in [-0.2, -0.15) is 0 Å². The Morgan fingerprint density at radius 2 is 1.85 bits per heavy atom. The molecule has 0 saturated heterocycles. The lowest BCUT2D eigenvalue weighted by atomic mass is 10.0. The lowest BCUT2D eigenvalue weighted by Crippen LogP contribution is -2.13. The predicted octanol–water partition coefficient (Wildman–Crippen LogP) is 4.16. The molecule has 26 heavy (non-hydrogen) atoms. The summed E-state index contributed by atoms with van der Waals surface area (Å²) in [4.78, 5) is 24.2. The molecule has 5 nitrogen and oxygen atoms in total. The number of rotatable bonds is 6. The van der Waals surface area contributed by atoms with Gasteiger partial charge in [-0.05, 0) is 59.7 Å². The molecule has 0 bridgehead atoms. The van der Waals surface area contributed by atoms with Crippen LogP contribution >= 0.6 is 0 Å². The van der Waals surface area contributed by atoms with Crippen LogP contribution in [0.4, 0.5) is 0 Å². The van der Waals surface area contributed by atoms with Crippen molar-refractivity contribution in [3.63, 3.8) is 0 Å². The number of Topliss-reactive ketones (excluding diaryl/α,β-unsaturated/α-hetero) is 1. The Hall–Kier alpha value is -3.34. The first-order valence-electron chi connectivity index (χ1n) is 8.07. The maximum Gasteiger partial charge on any atom is 0.342 e. The lowest BCUT2D eigenvalue weighted by molar-refractivity contribution is -0.141. The Balaban J connectivity index is 1.84. The molecule has 2 aromatic carbocycles. The fraction of sp³-hybridized carbons (Fsp3) is 0.143. The van der Waals surface area contributed by atoms with E-state index in [2.05, 4.69) is 0 Å². The van der Waals surface area contributed by atoms with Gasteiger partial charge in [-0.1, -0.05) is 18.2 Å². The zero-order chi connectivity index (χ0) is 18.5. The Morgan fingerprint density at radius 3 is 2.54 bits per heavy atom. The number of carbonyl (C=O) groups excluding carboxylic acids is 2. The van der Waals surface area contributed by atoms with Gasteiger partial charge < -0.3 is 13.9 Å². The highest BCUT2D eigenvalue weighted by Gasteiger charge is 2.17. The number of fused-ring (bicyclic) bond motifs is 1. The van der Waals surface area contributed by atoms with Crippen LogP contribution in [0.1, 0.15) is 18.2 Å². The molecule has 1 aromatic heterocycles. The van der Waals surface area contributed by atoms with Gasteiger partial charge in [0.05, 0.1) is 13.4 Å². The summed E-state index contributed by atoms with van der Waals surface area (Å²) in [5.41, 5.74) is 0.729. The standard InChI is InChI=1S/C21H18O5/c1-14(22)20(21(23)26-13-19-4-3-9-25-19)11-15-5-6-17-12-18(24-2)8-7-16(17)10-15/h3-12H,13H2,1-2H3. The molecule has 0 N–H and O–H groups in total. The number of ketones is 1. The Labute approximate surface area is 150 Å². The van der Waals surface area contributed by atoms with Crippen LogP contribution < -0.4 is 4.74 Å². The molecule has 0 fully saturated rings. The average Bonchev–Trinajstić information content (AvgIpc) is 3.17. The largest absolute Gasteiger partial charge is 0.497 e. The summed E-state index contributed by atoms with van der Waals surface area (Å²) >= 11 is 0. The Bertz CT molecular complexity index is 967. The van der Waals surface area contributed by atoms with Gasteiger partial charge in [0.25, 0.3) is 0 Å². The first kappa shape index (κ1) is 17.5. The third-order valence-corrected chi connectivity index (χ3v) is 3.91. The number of esters is 1. The highest BCUT2D eigenvalue weighted by atomic mass is 16.5. The predicted molar refractivity (Wildman–Crippen MR) is 97.7 cm³/mol. The molecule has 1 heterocycles. The number of ether oxygens (including phenoxy) is 2. The van der Waals surface area contributed by atoms with Crippen molar-refractivity contribution in [3.05, 3.63) is 71.7 Å². The highest BCUT2D eigenvalue weighted by Crippen LogP contribution is 2.23. The summed E-state index contributed by atoms with van der Waals surface area (Å²) in [6.07, 6.45) is 3.03. The van der Waals surface area contributed by atoms with Crippen molar-refractivity contribution in [1.82, 2.24) is 0 Å². The van der Waals surface area contributed by atoms with Crippen LogP contribution in [0.25, 0.3) is 16.8 Å². The number of furan rings is 1. The summed E-state index contributed by atoms with van der Waals surface area (Å²) in [5, 5.41) is 1.98. The number of hydrogen-bond donors (Lipinski definition) is 0. The van der Waals surface area contributed by atoms with Crippen LogP contribution in [0.5, 0.6) is 5.75 Å². The third kappa shape index (κ3) is 4.00. The Kier molecular flexibility index (Phi) is 5.17. The molecular formula is C21H18O5. The van der Waals surface area contributed by atoms with E-state index < -0.39 is 5.97 Å². The topological polar surface area (TPSA) is 65.7 Å². The summed E-state index contributed by atoms with van der Waals surface area (Å²) in [6, 6.07) is 14.8. The van der Waals surface area contributed by atoms with Gasteiger partial charge in [0.15, 0.2) is 5.78 Å². The van der Waals surface area contributed by atoms with Crippen molar-refractivity contribution in [2.24, 2.45) is 0 Å². The number of methoxy groups -OCH3 is 1. The minimum Gasteiger partial charge on any atom is -0.497 e. The number of carbonyl (C=O) groups is 2. The van der Waals surface area contributed by atoms with Crippen molar-refractivity contribution in [2.45, 2.75) is 13.5 Å². The van der Waals surface area contributed by atoms with E-state index in [-0.39, 0.29) is 18.0 Å². The molecule has 0 unspecified atom stereocenters. The van der Waals surface area contributed by atoms with Gasteiger partial charge in [-0.15, -0.1) is 0 Å². The number of hydrogen-bond acceptors (Lipinski definition) is 5. The van der Waals surface area contributed by atoms with E-state index in [1.165, 1.54) is 19.3 Å². The second-order valence-corrected chi connectivity index (χ2v) is 5.74. The second kappa shape index (κ2) is 7.70. The molecule has 0 saturated carbocycles. The van der Waals surface area contributed by atoms with Crippen LogP contribution in [0.2, 0.25) is 0 Å². The summed E-state index contributed by atoms with van der Waals surface area (Å²) in [6.45, 7) is 1.32. The molecule has 0 aliphatic rings. The second-order valence-electron chi connectivity index (χ2n) is 5.74. The smallest absolute Gasteiger partial charge is 0.342 e. The van der Waals surface area contributed by atoms with Gasteiger partial charge in [-0.3, -0.25) is 4.79 Å². The molecule has 5 heteroatoms. The Morgan fingerprint density at radius 1 is 1.08 bits per heavy atom. The van der Waals surface area contributed by atoms with E-state index >= 15 is 0 Å². The fourth-order valence-corrected chi connectivity index (χ4v) is 2.54. The van der Waals surface area contributed by atoms with Gasteiger partial charge in [-0.25, -0.2) is 4.79 Å². The van der Waals surface area contributed by atoms with E-state index in [1.807, 2.05) is 36.4 Å². The van der Waals surface area contributed by atoms with E-state index in [9.17, 15) is 9.59 Å². The van der Waals surface area contributed by atoms with E-state index in [0.717, 1.165) is 22.1 Å². The average molecular weight is 350 g/mol. The third-order valence-electron chi connectivity index (χ3n) is 3.91. The highest BCUT2D eigenvalue weighted by molar-refractivity contribution is 6.19. The molecule has 0 atom stereocenters. The summed E-state index contributed by atoms with van der Waals surface area (Å²) < 4.78 is 15.5. The quantitative estimate of drug-likeness (QED) is 0.289. The maximum absolute atomic E-state index is 12.3. The molecule has 132 valence electrons. The maximum atomic E-state index is 12.3. The molecule has 3 rings (SSSR count). The summed E-state index contributed by atoms with van der Waals surface area (Å²) in [7, 11) is 1.62. The zero-order valence-corrected chi connectivity index (χ0v) is 14.5. The molecule has 0 aliphatic carbocycles. The van der Waals surface area contributed by atoms with Crippen LogP contribution in [-0.4, -0.2) is 18.9 Å². The fourth-order valence-electron chi connectivity index (χ4n) is 2.54. The van der Waals surface area contributed by atoms with Crippen molar-refractivity contribution in [3.8, 4) is 5.75 Å². The minimum atomic E-state index is -0.677. The lowest BCUT2D eigenvalue weighted by Gasteiger charge is -2.06. The van der Waals surface area contributed by atoms with Gasteiger partial charge in [0.2, 0.25) is 0 Å². The zero-order valence-electron chi connectivity index (χ0n) is 14.5. The first-order valence-corrected chi connectivity index (χ1v) is 8.07. The molecule has 0 amide bonds. The van der Waals surface area contributed by atoms with Gasteiger partial charge >= 0.3 is 5.97 Å². The van der Waals surface area contributed by atoms with E-state index in [4.69, 9.17) is 13.9 Å².